The molecular weight excluding hydrogens is 240 g/mol. The van der Waals surface area contributed by atoms with Gasteiger partial charge in [-0.3, -0.25) is 4.98 Å². The Morgan fingerprint density at radius 2 is 2.00 bits per heavy atom. The van der Waals surface area contributed by atoms with Gasteiger partial charge < -0.3 is 4.90 Å². The van der Waals surface area contributed by atoms with Crippen molar-refractivity contribution < 1.29 is 0 Å². The normalized spacial score (nSPS) is 17.1. The highest BCUT2D eigenvalue weighted by Gasteiger charge is 2.13. The topological polar surface area (TPSA) is 16.1 Å². The van der Waals surface area contributed by atoms with Gasteiger partial charge in [0.1, 0.15) is 0 Å². The molecule has 0 amide bonds. The predicted octanol–water partition coefficient (Wildman–Crippen LogP) is 3.14. The molecule has 2 rings (SSSR count). The molecule has 3 heteroatoms. The molecule has 1 aliphatic rings. The summed E-state index contributed by atoms with van der Waals surface area (Å²) in [4.78, 5) is 6.71. The first kappa shape index (κ1) is 9.97. The van der Waals surface area contributed by atoms with Crippen molar-refractivity contribution in [1.29, 1.82) is 0 Å². The fourth-order valence-electron chi connectivity index (χ4n) is 1.91. The van der Waals surface area contributed by atoms with Crippen molar-refractivity contribution in [1.82, 2.24) is 4.98 Å². The van der Waals surface area contributed by atoms with Crippen LogP contribution in [0.5, 0.6) is 0 Å². The van der Waals surface area contributed by atoms with Gasteiger partial charge >= 0.3 is 0 Å². The highest BCUT2D eigenvalue weighted by molar-refractivity contribution is 9.10. The van der Waals surface area contributed by atoms with Crippen molar-refractivity contribution in [2.75, 3.05) is 18.0 Å². The fourth-order valence-corrected chi connectivity index (χ4v) is 2.37. The summed E-state index contributed by atoms with van der Waals surface area (Å²) in [7, 11) is 0. The molecule has 2 nitrogen and oxygen atoms in total. The lowest BCUT2D eigenvalue weighted by molar-refractivity contribution is 0.577. The van der Waals surface area contributed by atoms with Crippen LogP contribution in [0.1, 0.15) is 25.0 Å². The largest absolute Gasteiger partial charge is 0.371 e. The minimum Gasteiger partial charge on any atom is -0.371 e. The Bertz CT molecular complexity index is 319. The molecule has 76 valence electrons. The summed E-state index contributed by atoms with van der Waals surface area (Å²) < 4.78 is 1.12. The number of piperidine rings is 1. The van der Waals surface area contributed by atoms with Crippen LogP contribution in [-0.4, -0.2) is 18.1 Å². The Kier molecular flexibility index (Phi) is 3.06. The van der Waals surface area contributed by atoms with E-state index >= 15 is 0 Å². The summed E-state index contributed by atoms with van der Waals surface area (Å²) in [5, 5.41) is 0. The van der Waals surface area contributed by atoms with Gasteiger partial charge in [0.2, 0.25) is 0 Å². The lowest BCUT2D eigenvalue weighted by Crippen LogP contribution is -2.29. The summed E-state index contributed by atoms with van der Waals surface area (Å²) in [5.74, 6) is 0. The van der Waals surface area contributed by atoms with Gasteiger partial charge in [-0.25, -0.2) is 0 Å². The van der Waals surface area contributed by atoms with Crippen LogP contribution in [0.4, 0.5) is 5.69 Å². The van der Waals surface area contributed by atoms with Crippen LogP contribution in [0.3, 0.4) is 0 Å². The third-order valence-electron chi connectivity index (χ3n) is 2.67. The first-order chi connectivity index (χ1) is 6.77. The average molecular weight is 255 g/mol. The van der Waals surface area contributed by atoms with Crippen molar-refractivity contribution in [2.45, 2.75) is 26.2 Å². The van der Waals surface area contributed by atoms with Gasteiger partial charge in [0.15, 0.2) is 0 Å². The van der Waals surface area contributed by atoms with Crippen LogP contribution in [0.2, 0.25) is 0 Å². The number of rotatable bonds is 1. The highest BCUT2D eigenvalue weighted by atomic mass is 79.9. The van der Waals surface area contributed by atoms with E-state index < -0.39 is 0 Å². The Morgan fingerprint density at radius 1 is 1.29 bits per heavy atom. The Labute approximate surface area is 93.5 Å². The Hall–Kier alpha value is -0.570. The van der Waals surface area contributed by atoms with E-state index in [1.54, 1.807) is 0 Å². The lowest BCUT2D eigenvalue weighted by atomic mass is 10.1. The van der Waals surface area contributed by atoms with Gasteiger partial charge in [0, 0.05) is 25.0 Å². The summed E-state index contributed by atoms with van der Waals surface area (Å²) in [5.41, 5.74) is 2.39. The number of nitrogens with zero attached hydrogens (tertiary/aromatic N) is 2. The third-order valence-corrected chi connectivity index (χ3v) is 3.28. The summed E-state index contributed by atoms with van der Waals surface area (Å²) in [6.07, 6.45) is 5.90. The molecule has 0 radical (unpaired) electrons. The number of aryl methyl sites for hydroxylation is 1. The molecule has 0 unspecified atom stereocenters. The van der Waals surface area contributed by atoms with E-state index in [2.05, 4.69) is 31.9 Å². The van der Waals surface area contributed by atoms with Gasteiger partial charge in [-0.15, -0.1) is 0 Å². The quantitative estimate of drug-likeness (QED) is 0.766. The maximum Gasteiger partial charge on any atom is 0.0592 e. The molecule has 0 saturated carbocycles. The number of pyridine rings is 1. The number of aromatic nitrogens is 1. The summed E-state index contributed by atoms with van der Waals surface area (Å²) in [6, 6.07) is 2.16. The van der Waals surface area contributed by atoms with Crippen molar-refractivity contribution in [3.05, 3.63) is 22.4 Å². The molecule has 1 aliphatic heterocycles. The van der Waals surface area contributed by atoms with Crippen LogP contribution in [-0.2, 0) is 0 Å². The number of hydrogen-bond donors (Lipinski definition) is 0. The van der Waals surface area contributed by atoms with Crippen LogP contribution in [0.25, 0.3) is 0 Å². The van der Waals surface area contributed by atoms with Gasteiger partial charge in [-0.2, -0.15) is 0 Å². The zero-order valence-corrected chi connectivity index (χ0v) is 10.0. The first-order valence-electron chi connectivity index (χ1n) is 5.14. The van der Waals surface area contributed by atoms with E-state index in [1.165, 1.54) is 38.0 Å². The third kappa shape index (κ3) is 2.08. The van der Waals surface area contributed by atoms with Crippen molar-refractivity contribution in [3.63, 3.8) is 0 Å². The van der Waals surface area contributed by atoms with Crippen LogP contribution in [0, 0.1) is 6.92 Å². The van der Waals surface area contributed by atoms with Gasteiger partial charge in [-0.05, 0) is 48.2 Å². The molecule has 0 N–H and O–H groups in total. The van der Waals surface area contributed by atoms with E-state index in [1.807, 2.05) is 13.1 Å². The summed E-state index contributed by atoms with van der Waals surface area (Å²) >= 11 is 3.56. The smallest absolute Gasteiger partial charge is 0.0592 e. The second-order valence-electron chi connectivity index (χ2n) is 3.82. The zero-order chi connectivity index (χ0) is 9.97. The molecule has 0 aromatic carbocycles. The minimum absolute atomic E-state index is 1.09. The Morgan fingerprint density at radius 3 is 2.71 bits per heavy atom. The molecule has 2 heterocycles. The van der Waals surface area contributed by atoms with E-state index in [9.17, 15) is 0 Å². The molecule has 1 aromatic heterocycles. The molecular formula is C11H15BrN2. The molecule has 0 atom stereocenters. The monoisotopic (exact) mass is 254 g/mol. The van der Waals surface area contributed by atoms with Crippen LogP contribution < -0.4 is 4.90 Å². The number of halogens is 1. The van der Waals surface area contributed by atoms with Crippen molar-refractivity contribution >= 4 is 21.6 Å². The fraction of sp³-hybridized carbons (Fsp3) is 0.545. The summed E-state index contributed by atoms with van der Waals surface area (Å²) in [6.45, 7) is 4.41. The standard InChI is InChI=1S/C11H15BrN2/c1-9-7-11(10(12)8-13-9)14-5-3-2-4-6-14/h7-8H,2-6H2,1H3. The van der Waals surface area contributed by atoms with Crippen molar-refractivity contribution in [2.24, 2.45) is 0 Å². The van der Waals surface area contributed by atoms with E-state index in [-0.39, 0.29) is 0 Å². The zero-order valence-electron chi connectivity index (χ0n) is 8.46. The van der Waals surface area contributed by atoms with Gasteiger partial charge in [0.25, 0.3) is 0 Å². The van der Waals surface area contributed by atoms with E-state index in [0.717, 1.165) is 10.2 Å². The van der Waals surface area contributed by atoms with Crippen LogP contribution in [0.15, 0.2) is 16.7 Å². The SMILES string of the molecule is Cc1cc(N2CCCCC2)c(Br)cn1. The van der Waals surface area contributed by atoms with Crippen molar-refractivity contribution in [3.8, 4) is 0 Å². The first-order valence-corrected chi connectivity index (χ1v) is 5.94. The van der Waals surface area contributed by atoms with E-state index in [4.69, 9.17) is 0 Å². The lowest BCUT2D eigenvalue weighted by Gasteiger charge is -2.29. The molecule has 0 spiro atoms. The number of anilines is 1. The maximum absolute atomic E-state index is 4.26. The molecule has 1 fully saturated rings. The Balaban J connectivity index is 2.24. The average Bonchev–Trinajstić information content (AvgIpc) is 2.23. The van der Waals surface area contributed by atoms with E-state index in [0.29, 0.717) is 0 Å². The second kappa shape index (κ2) is 4.30. The maximum atomic E-state index is 4.26. The molecule has 1 aromatic rings. The number of hydrogen-bond acceptors (Lipinski definition) is 2. The second-order valence-corrected chi connectivity index (χ2v) is 4.68. The molecule has 14 heavy (non-hydrogen) atoms. The van der Waals surface area contributed by atoms with Crippen LogP contribution >= 0.6 is 15.9 Å². The molecule has 0 aliphatic carbocycles. The van der Waals surface area contributed by atoms with Gasteiger partial charge in [0.05, 0.1) is 10.2 Å². The molecule has 1 saturated heterocycles. The molecule has 0 bridgehead atoms. The highest BCUT2D eigenvalue weighted by Crippen LogP contribution is 2.28. The minimum atomic E-state index is 1.09. The predicted molar refractivity (Wildman–Crippen MR) is 62.7 cm³/mol. The van der Waals surface area contributed by atoms with Gasteiger partial charge in [-0.1, -0.05) is 0 Å².